The van der Waals surface area contributed by atoms with Gasteiger partial charge in [-0.2, -0.15) is 0 Å². The summed E-state index contributed by atoms with van der Waals surface area (Å²) in [5.41, 5.74) is 0.729. The number of hydrogen-bond acceptors (Lipinski definition) is 3. The van der Waals surface area contributed by atoms with E-state index in [1.807, 2.05) is 0 Å². The summed E-state index contributed by atoms with van der Waals surface area (Å²) < 4.78 is 25.5. The predicted octanol–water partition coefficient (Wildman–Crippen LogP) is 1.38. The average molecular weight is 303 g/mol. The Hall–Kier alpha value is -1.11. The Morgan fingerprint density at radius 3 is 2.58 bits per heavy atom. The first-order valence-corrected chi connectivity index (χ1v) is 8.00. The topological polar surface area (TPSA) is 66.5 Å². The van der Waals surface area contributed by atoms with Gasteiger partial charge in [-0.15, -0.1) is 0 Å². The molecule has 1 N–H and O–H groups in total. The van der Waals surface area contributed by atoms with Crippen LogP contribution in [0.4, 0.5) is 5.69 Å². The van der Waals surface area contributed by atoms with Crippen molar-refractivity contribution in [1.29, 1.82) is 0 Å². The highest BCUT2D eigenvalue weighted by atomic mass is 35.5. The summed E-state index contributed by atoms with van der Waals surface area (Å²) >= 11 is 5.79. The molecule has 104 valence electrons. The number of benzene rings is 1. The smallest absolute Gasteiger partial charge is 0.228 e. The number of anilines is 1. The molecule has 1 unspecified atom stereocenters. The van der Waals surface area contributed by atoms with Crippen LogP contribution in [0.1, 0.15) is 13.3 Å². The number of rotatable bonds is 4. The highest BCUT2D eigenvalue weighted by Crippen LogP contribution is 2.23. The number of amides is 1. The van der Waals surface area contributed by atoms with Gasteiger partial charge in [0.05, 0.1) is 5.75 Å². The summed E-state index contributed by atoms with van der Waals surface area (Å²) in [5, 5.41) is 0.596. The summed E-state index contributed by atoms with van der Waals surface area (Å²) in [6.07, 6.45) is 0.182. The first-order chi connectivity index (χ1) is 8.91. The molecule has 0 radical (unpaired) electrons. The monoisotopic (exact) mass is 302 g/mol. The largest absolute Gasteiger partial charge is 0.311 e. The van der Waals surface area contributed by atoms with Crippen molar-refractivity contribution in [3.63, 3.8) is 0 Å². The van der Waals surface area contributed by atoms with Gasteiger partial charge in [-0.05, 0) is 31.2 Å². The fraction of sp³-hybridized carbons (Fsp3) is 0.417. The van der Waals surface area contributed by atoms with E-state index in [1.165, 1.54) is 0 Å². The molecule has 1 amide bonds. The van der Waals surface area contributed by atoms with Crippen LogP contribution in [0, 0.1) is 0 Å². The van der Waals surface area contributed by atoms with Crippen LogP contribution in [0.15, 0.2) is 24.3 Å². The standard InChI is InChI=1S/C12H15ClN2O3S/c1-2-19(17,18)14-10-7-12(16)15(8-10)11-5-3-9(13)4-6-11/h3-6,10,14H,2,7-8H2,1H3. The number of nitrogens with zero attached hydrogens (tertiary/aromatic N) is 1. The van der Waals surface area contributed by atoms with E-state index in [-0.39, 0.29) is 24.1 Å². The van der Waals surface area contributed by atoms with Gasteiger partial charge < -0.3 is 4.90 Å². The second-order valence-electron chi connectivity index (χ2n) is 4.40. The van der Waals surface area contributed by atoms with Crippen LogP contribution in [0.2, 0.25) is 5.02 Å². The predicted molar refractivity (Wildman–Crippen MR) is 74.8 cm³/mol. The normalized spacial score (nSPS) is 20.0. The zero-order valence-electron chi connectivity index (χ0n) is 10.5. The van der Waals surface area contributed by atoms with Gasteiger partial charge in [0.15, 0.2) is 0 Å². The molecule has 1 aromatic carbocycles. The molecule has 1 heterocycles. The molecule has 0 spiro atoms. The Bertz CT molecular complexity index is 571. The van der Waals surface area contributed by atoms with Crippen molar-refractivity contribution in [2.24, 2.45) is 0 Å². The molecule has 1 atom stereocenters. The third kappa shape index (κ3) is 3.46. The van der Waals surface area contributed by atoms with Crippen molar-refractivity contribution in [2.45, 2.75) is 19.4 Å². The average Bonchev–Trinajstić information content (AvgIpc) is 2.70. The summed E-state index contributed by atoms with van der Waals surface area (Å²) in [6, 6.07) is 6.53. The lowest BCUT2D eigenvalue weighted by Gasteiger charge is -2.17. The first-order valence-electron chi connectivity index (χ1n) is 5.97. The third-order valence-corrected chi connectivity index (χ3v) is 4.69. The van der Waals surface area contributed by atoms with E-state index in [0.717, 1.165) is 5.69 Å². The number of halogens is 1. The molecule has 0 aromatic heterocycles. The quantitative estimate of drug-likeness (QED) is 0.914. The van der Waals surface area contributed by atoms with Gasteiger partial charge in [-0.3, -0.25) is 4.79 Å². The van der Waals surface area contributed by atoms with E-state index < -0.39 is 10.0 Å². The summed E-state index contributed by atoms with van der Waals surface area (Å²) in [4.78, 5) is 13.5. The fourth-order valence-electron chi connectivity index (χ4n) is 1.99. The van der Waals surface area contributed by atoms with Gasteiger partial charge in [0, 0.05) is 29.7 Å². The first kappa shape index (κ1) is 14.3. The molecule has 0 aliphatic carbocycles. The number of sulfonamides is 1. The fourth-order valence-corrected chi connectivity index (χ4v) is 2.95. The molecule has 1 fully saturated rings. The highest BCUT2D eigenvalue weighted by Gasteiger charge is 2.32. The minimum atomic E-state index is -3.29. The van der Waals surface area contributed by atoms with Crippen LogP contribution in [-0.4, -0.2) is 32.7 Å². The molecule has 1 saturated heterocycles. The van der Waals surface area contributed by atoms with E-state index in [1.54, 1.807) is 36.1 Å². The van der Waals surface area contributed by atoms with Crippen LogP contribution < -0.4 is 9.62 Å². The Morgan fingerprint density at radius 2 is 2.00 bits per heavy atom. The molecule has 2 rings (SSSR count). The lowest BCUT2D eigenvalue weighted by Crippen LogP contribution is -2.37. The molecule has 7 heteroatoms. The van der Waals surface area contributed by atoms with E-state index in [9.17, 15) is 13.2 Å². The third-order valence-electron chi connectivity index (χ3n) is 2.99. The lowest BCUT2D eigenvalue weighted by atomic mass is 10.3. The summed E-state index contributed by atoms with van der Waals surface area (Å²) in [6.45, 7) is 1.91. The van der Waals surface area contributed by atoms with Gasteiger partial charge >= 0.3 is 0 Å². The second kappa shape index (κ2) is 5.48. The number of carbonyl (C=O) groups is 1. The van der Waals surface area contributed by atoms with Gasteiger partial charge in [0.2, 0.25) is 15.9 Å². The van der Waals surface area contributed by atoms with Crippen LogP contribution in [0.25, 0.3) is 0 Å². The van der Waals surface area contributed by atoms with Crippen molar-refractivity contribution in [3.05, 3.63) is 29.3 Å². The molecule has 5 nitrogen and oxygen atoms in total. The number of nitrogens with one attached hydrogen (secondary N) is 1. The van der Waals surface area contributed by atoms with Crippen LogP contribution in [0.3, 0.4) is 0 Å². The van der Waals surface area contributed by atoms with Crippen LogP contribution in [-0.2, 0) is 14.8 Å². The Morgan fingerprint density at radius 1 is 1.37 bits per heavy atom. The Kier molecular flexibility index (Phi) is 4.13. The van der Waals surface area contributed by atoms with Gasteiger partial charge in [0.1, 0.15) is 0 Å². The molecule has 0 bridgehead atoms. The molecule has 1 aliphatic heterocycles. The number of carbonyl (C=O) groups excluding carboxylic acids is 1. The molecule has 1 aromatic rings. The highest BCUT2D eigenvalue weighted by molar-refractivity contribution is 7.89. The molecule has 0 saturated carbocycles. The van der Waals surface area contributed by atoms with E-state index >= 15 is 0 Å². The van der Waals surface area contributed by atoms with Crippen LogP contribution >= 0.6 is 11.6 Å². The van der Waals surface area contributed by atoms with E-state index in [0.29, 0.717) is 11.6 Å². The van der Waals surface area contributed by atoms with Gasteiger partial charge in [0.25, 0.3) is 0 Å². The van der Waals surface area contributed by atoms with Crippen molar-refractivity contribution < 1.29 is 13.2 Å². The van der Waals surface area contributed by atoms with Crippen molar-refractivity contribution in [2.75, 3.05) is 17.2 Å². The van der Waals surface area contributed by atoms with Gasteiger partial charge in [-0.1, -0.05) is 11.6 Å². The minimum absolute atomic E-state index is 0.0125. The van der Waals surface area contributed by atoms with E-state index in [4.69, 9.17) is 11.6 Å². The summed E-state index contributed by atoms with van der Waals surface area (Å²) in [7, 11) is -3.29. The lowest BCUT2D eigenvalue weighted by molar-refractivity contribution is -0.117. The maximum atomic E-state index is 11.9. The SMILES string of the molecule is CCS(=O)(=O)NC1CC(=O)N(c2ccc(Cl)cc2)C1. The van der Waals surface area contributed by atoms with Crippen molar-refractivity contribution in [1.82, 2.24) is 4.72 Å². The molecular weight excluding hydrogens is 288 g/mol. The number of hydrogen-bond donors (Lipinski definition) is 1. The zero-order valence-corrected chi connectivity index (χ0v) is 12.0. The van der Waals surface area contributed by atoms with E-state index in [2.05, 4.69) is 4.72 Å². The maximum absolute atomic E-state index is 11.9. The zero-order chi connectivity index (χ0) is 14.0. The van der Waals surface area contributed by atoms with Crippen molar-refractivity contribution >= 4 is 33.2 Å². The van der Waals surface area contributed by atoms with Crippen molar-refractivity contribution in [3.8, 4) is 0 Å². The molecule has 1 aliphatic rings. The molecular formula is C12H15ClN2O3S. The minimum Gasteiger partial charge on any atom is -0.311 e. The molecule has 19 heavy (non-hydrogen) atoms. The maximum Gasteiger partial charge on any atom is 0.228 e. The Balaban J connectivity index is 2.10. The Labute approximate surface area is 117 Å². The van der Waals surface area contributed by atoms with Gasteiger partial charge in [-0.25, -0.2) is 13.1 Å². The summed E-state index contributed by atoms with van der Waals surface area (Å²) in [5.74, 6) is -0.0790. The van der Waals surface area contributed by atoms with Crippen LogP contribution in [0.5, 0.6) is 0 Å². The second-order valence-corrected chi connectivity index (χ2v) is 6.88.